The van der Waals surface area contributed by atoms with Crippen LogP contribution in [0.2, 0.25) is 0 Å². The van der Waals surface area contributed by atoms with Crippen LogP contribution < -0.4 is 16.4 Å². The molecule has 58 heavy (non-hydrogen) atoms. The molecule has 0 spiro atoms. The summed E-state index contributed by atoms with van der Waals surface area (Å²) in [5, 5.41) is 20.4. The lowest BCUT2D eigenvalue weighted by atomic mass is 9.91. The van der Waals surface area contributed by atoms with Crippen molar-refractivity contribution < 1.29 is 52.4 Å². The third kappa shape index (κ3) is 11.1. The molecule has 4 rings (SSSR count). The minimum Gasteiger partial charge on any atom is -0.463 e. The summed E-state index contributed by atoms with van der Waals surface area (Å²) in [5.74, 6) is -3.83. The first-order chi connectivity index (χ1) is 27.0. The van der Waals surface area contributed by atoms with Crippen molar-refractivity contribution in [3.63, 3.8) is 0 Å². The molecule has 314 valence electrons. The van der Waals surface area contributed by atoms with Gasteiger partial charge in [0.25, 0.3) is 0 Å². The van der Waals surface area contributed by atoms with Gasteiger partial charge in [0.05, 0.1) is 12.1 Å². The lowest BCUT2D eigenvalue weighted by Gasteiger charge is -2.32. The van der Waals surface area contributed by atoms with Gasteiger partial charge in [0.2, 0.25) is 5.60 Å². The monoisotopic (exact) mass is 807 g/mol. The minimum atomic E-state index is -2.33. The molecular weight excluding hydrogens is 754 g/mol. The van der Waals surface area contributed by atoms with Crippen molar-refractivity contribution in [3.8, 4) is 6.07 Å². The van der Waals surface area contributed by atoms with Crippen LogP contribution in [0.15, 0.2) is 48.8 Å². The lowest BCUT2D eigenvalue weighted by molar-refractivity contribution is -0.173. The number of aromatic nitrogens is 3. The van der Waals surface area contributed by atoms with E-state index in [0.29, 0.717) is 5.56 Å². The molecule has 1 aliphatic heterocycles. The number of benzene rings is 1. The van der Waals surface area contributed by atoms with Gasteiger partial charge in [-0.25, -0.2) is 28.7 Å². The predicted molar refractivity (Wildman–Crippen MR) is 206 cm³/mol. The predicted octanol–water partition coefficient (Wildman–Crippen LogP) is 4.14. The zero-order valence-corrected chi connectivity index (χ0v) is 34.4. The van der Waals surface area contributed by atoms with Gasteiger partial charge in [-0.15, -0.1) is 0 Å². The molecule has 0 radical (unpaired) electrons. The number of nitrogens with one attached hydrogen (secondary N) is 2. The van der Waals surface area contributed by atoms with E-state index in [4.69, 9.17) is 34.2 Å². The van der Waals surface area contributed by atoms with Gasteiger partial charge in [-0.3, -0.25) is 4.79 Å². The topological polar surface area (TPSA) is 245 Å². The van der Waals surface area contributed by atoms with E-state index in [1.807, 2.05) is 0 Å². The molecule has 2 aromatic heterocycles. The number of amides is 2. The number of carbonyl (C=O) groups is 5. The highest BCUT2D eigenvalue weighted by atomic mass is 16.7. The van der Waals surface area contributed by atoms with E-state index < -0.39 is 95.7 Å². The number of esters is 3. The van der Waals surface area contributed by atoms with E-state index in [1.54, 1.807) is 99.6 Å². The molecule has 3 heterocycles. The number of hydrogen-bond donors (Lipinski definition) is 3. The molecule has 1 aromatic carbocycles. The average Bonchev–Trinajstić information content (AvgIpc) is 3.68. The Morgan fingerprint density at radius 1 is 0.879 bits per heavy atom. The Balaban J connectivity index is 1.83. The maximum absolute atomic E-state index is 14.3. The van der Waals surface area contributed by atoms with Crippen molar-refractivity contribution in [2.24, 2.45) is 11.8 Å². The van der Waals surface area contributed by atoms with Crippen LogP contribution in [-0.2, 0) is 54.8 Å². The van der Waals surface area contributed by atoms with Crippen LogP contribution >= 0.6 is 0 Å². The molecule has 0 saturated carbocycles. The third-order valence-electron chi connectivity index (χ3n) is 8.71. The second-order valence-electron chi connectivity index (χ2n) is 16.5. The molecule has 4 N–H and O–H groups in total. The quantitative estimate of drug-likeness (QED) is 0.162. The first kappa shape index (κ1) is 44.8. The number of alkyl carbamates (subject to hydrolysis) is 2. The van der Waals surface area contributed by atoms with Crippen LogP contribution in [0, 0.1) is 23.2 Å². The average molecular weight is 808 g/mol. The highest BCUT2D eigenvalue weighted by Gasteiger charge is 2.63. The van der Waals surface area contributed by atoms with E-state index in [2.05, 4.69) is 26.8 Å². The number of nitrogens with zero attached hydrogens (tertiary/aromatic N) is 4. The van der Waals surface area contributed by atoms with Crippen LogP contribution in [0.25, 0.3) is 5.52 Å². The molecule has 1 fully saturated rings. The third-order valence-corrected chi connectivity index (χ3v) is 8.71. The number of nitrogens with two attached hydrogens (primary N) is 1. The molecule has 1 aliphatic rings. The Morgan fingerprint density at radius 2 is 1.43 bits per heavy atom. The second kappa shape index (κ2) is 18.1. The summed E-state index contributed by atoms with van der Waals surface area (Å²) in [6, 6.07) is 11.2. The maximum Gasteiger partial charge on any atom is 0.408 e. The Kier molecular flexibility index (Phi) is 14.0. The summed E-state index contributed by atoms with van der Waals surface area (Å²) in [6.07, 6.45) is -5.77. The first-order valence-corrected chi connectivity index (χ1v) is 18.8. The standard InChI is InChI=1S/C40H53N7O11/c1-22(2)29(45-36(51)57-38(5,6)7)34(49)54-31-26(19-53-28(48)18-24-14-12-11-13-15-24)56-40(20-41,27-17-16-25-33(42)43-21-44-47(25)27)32(31)55-35(50)30(23(3)4)46-37(52)58-39(8,9)10/h11-17,21-23,26,29-32H,18-19H2,1-10H3,(H,45,51)(H,46,52)(H2,42,43,44)/t26-,29+,30+,31-,32-,40+/m1/s1. The zero-order valence-electron chi connectivity index (χ0n) is 34.4. The molecule has 0 unspecified atom stereocenters. The molecular formula is C40H53N7O11. The lowest BCUT2D eigenvalue weighted by Crippen LogP contribution is -2.53. The number of nitrogen functional groups attached to an aromatic ring is 1. The van der Waals surface area contributed by atoms with Gasteiger partial charge in [0, 0.05) is 0 Å². The number of ether oxygens (including phenoxy) is 6. The SMILES string of the molecule is CC(C)[C@H](NC(=O)OC(C)(C)C)C(=O)O[C@H]1[C@@H](OC(=O)[C@@H](NC(=O)OC(C)(C)C)C(C)C)[C@](C#N)(c2ccc3c(N)ncnn23)O[C@@H]1COC(=O)Cc1ccccc1. The Bertz CT molecular complexity index is 2000. The molecule has 0 aliphatic carbocycles. The number of hydrogen-bond acceptors (Lipinski definition) is 15. The van der Waals surface area contributed by atoms with Crippen LogP contribution in [0.1, 0.15) is 80.5 Å². The molecule has 6 atom stereocenters. The smallest absolute Gasteiger partial charge is 0.408 e. The van der Waals surface area contributed by atoms with Gasteiger partial charge in [-0.05, 0) is 71.1 Å². The van der Waals surface area contributed by atoms with Crippen LogP contribution in [0.4, 0.5) is 15.4 Å². The van der Waals surface area contributed by atoms with Gasteiger partial charge in [-0.2, -0.15) is 10.4 Å². The van der Waals surface area contributed by atoms with Crippen molar-refractivity contribution in [1.82, 2.24) is 25.2 Å². The first-order valence-electron chi connectivity index (χ1n) is 18.8. The van der Waals surface area contributed by atoms with Gasteiger partial charge in [0.15, 0.2) is 18.0 Å². The Morgan fingerprint density at radius 3 is 1.95 bits per heavy atom. The fourth-order valence-electron chi connectivity index (χ4n) is 6.06. The summed E-state index contributed by atoms with van der Waals surface area (Å²) in [5.41, 5.74) is 2.90. The number of nitriles is 1. The van der Waals surface area contributed by atoms with Crippen molar-refractivity contribution >= 4 is 41.4 Å². The molecule has 0 bridgehead atoms. The van der Waals surface area contributed by atoms with Crippen LogP contribution in [0.3, 0.4) is 0 Å². The summed E-state index contributed by atoms with van der Waals surface area (Å²) in [6.45, 7) is 15.9. The summed E-state index contributed by atoms with van der Waals surface area (Å²) in [7, 11) is 0. The highest BCUT2D eigenvalue weighted by Crippen LogP contribution is 2.44. The van der Waals surface area contributed by atoms with Crippen molar-refractivity contribution in [3.05, 3.63) is 60.0 Å². The van der Waals surface area contributed by atoms with E-state index in [0.717, 1.165) is 6.33 Å². The number of rotatable bonds is 13. The second-order valence-corrected chi connectivity index (χ2v) is 16.5. The molecule has 18 nitrogen and oxygen atoms in total. The van der Waals surface area contributed by atoms with Gasteiger partial charge < -0.3 is 44.8 Å². The van der Waals surface area contributed by atoms with Crippen LogP contribution in [0.5, 0.6) is 0 Å². The summed E-state index contributed by atoms with van der Waals surface area (Å²) < 4.78 is 36.4. The normalized spacial score (nSPS) is 20.4. The molecule has 18 heteroatoms. The van der Waals surface area contributed by atoms with Crippen molar-refractivity contribution in [1.29, 1.82) is 5.26 Å². The maximum atomic E-state index is 14.3. The summed E-state index contributed by atoms with van der Waals surface area (Å²) >= 11 is 0. The Hall–Kier alpha value is -5.96. The zero-order chi connectivity index (χ0) is 43.2. The van der Waals surface area contributed by atoms with E-state index in [9.17, 15) is 29.2 Å². The number of carbonyl (C=O) groups excluding carboxylic acids is 5. The molecule has 1 saturated heterocycles. The van der Waals surface area contributed by atoms with E-state index in [1.165, 1.54) is 16.6 Å². The van der Waals surface area contributed by atoms with E-state index in [-0.39, 0.29) is 23.4 Å². The fraction of sp³-hybridized carbons (Fsp3) is 0.550. The fourth-order valence-corrected chi connectivity index (χ4v) is 6.06. The van der Waals surface area contributed by atoms with Crippen LogP contribution in [-0.4, -0.2) is 92.9 Å². The number of anilines is 1. The minimum absolute atomic E-state index is 0.00968. The van der Waals surface area contributed by atoms with Gasteiger partial charge in [0.1, 0.15) is 53.9 Å². The van der Waals surface area contributed by atoms with Gasteiger partial charge in [-0.1, -0.05) is 58.0 Å². The van der Waals surface area contributed by atoms with Crippen molar-refractivity contribution in [2.45, 2.75) is 123 Å². The largest absolute Gasteiger partial charge is 0.463 e. The Labute approximate surface area is 337 Å². The summed E-state index contributed by atoms with van der Waals surface area (Å²) in [4.78, 5) is 71.4. The van der Waals surface area contributed by atoms with E-state index >= 15 is 0 Å². The van der Waals surface area contributed by atoms with Crippen molar-refractivity contribution in [2.75, 3.05) is 12.3 Å². The highest BCUT2D eigenvalue weighted by molar-refractivity contribution is 5.83. The molecule has 3 aromatic rings. The van der Waals surface area contributed by atoms with Gasteiger partial charge >= 0.3 is 30.1 Å². The number of fused-ring (bicyclic) bond motifs is 1. The molecule has 2 amide bonds.